The molecule has 6 nitrogen and oxygen atoms in total. The van der Waals surface area contributed by atoms with E-state index in [1.54, 1.807) is 18.1 Å². The van der Waals surface area contributed by atoms with Gasteiger partial charge in [0.05, 0.1) is 18.7 Å². The van der Waals surface area contributed by atoms with Gasteiger partial charge >= 0.3 is 0 Å². The number of aromatic hydroxyl groups is 2. The highest BCUT2D eigenvalue weighted by Gasteiger charge is 2.24. The first kappa shape index (κ1) is 17.3. The molecular weight excluding hydrogens is 272 g/mol. The number of methoxy groups -OCH3 is 1. The number of nitrogens with zero attached hydrogens (tertiary/aromatic N) is 1. The van der Waals surface area contributed by atoms with Crippen molar-refractivity contribution in [1.29, 1.82) is 0 Å². The number of hydrogen-bond acceptors (Lipinski definition) is 5. The average Bonchev–Trinajstić information content (AvgIpc) is 2.43. The molecule has 4 N–H and O–H groups in total. The van der Waals surface area contributed by atoms with Gasteiger partial charge in [-0.25, -0.2) is 0 Å². The third-order valence-electron chi connectivity index (χ3n) is 3.38. The van der Waals surface area contributed by atoms with Crippen LogP contribution in [0.4, 0.5) is 0 Å². The number of carbonyl (C=O) groups excluding carboxylic acids is 1. The Morgan fingerprint density at radius 3 is 2.57 bits per heavy atom. The highest BCUT2D eigenvalue weighted by atomic mass is 16.5. The zero-order valence-electron chi connectivity index (χ0n) is 12.7. The summed E-state index contributed by atoms with van der Waals surface area (Å²) in [7, 11) is 1.59. The van der Waals surface area contributed by atoms with E-state index in [1.807, 2.05) is 13.8 Å². The number of nitrogens with two attached hydrogens (primary N) is 1. The van der Waals surface area contributed by atoms with E-state index in [-0.39, 0.29) is 23.4 Å². The molecule has 118 valence electrons. The van der Waals surface area contributed by atoms with Gasteiger partial charge < -0.3 is 25.6 Å². The van der Waals surface area contributed by atoms with Crippen molar-refractivity contribution in [2.45, 2.75) is 32.4 Å². The Morgan fingerprint density at radius 1 is 1.38 bits per heavy atom. The van der Waals surface area contributed by atoms with Gasteiger partial charge in [-0.3, -0.25) is 4.79 Å². The van der Waals surface area contributed by atoms with Crippen LogP contribution in [0.5, 0.6) is 11.5 Å². The lowest BCUT2D eigenvalue weighted by Gasteiger charge is -2.30. The molecule has 0 spiro atoms. The first-order valence-corrected chi connectivity index (χ1v) is 6.96. The zero-order chi connectivity index (χ0) is 16.0. The summed E-state index contributed by atoms with van der Waals surface area (Å²) in [6.45, 7) is 4.80. The Balaban J connectivity index is 2.74. The second-order valence-electron chi connectivity index (χ2n) is 5.06. The van der Waals surface area contributed by atoms with Crippen molar-refractivity contribution in [3.63, 3.8) is 0 Å². The largest absolute Gasteiger partial charge is 0.504 e. The summed E-state index contributed by atoms with van der Waals surface area (Å²) in [5.41, 5.74) is 6.67. The van der Waals surface area contributed by atoms with E-state index in [0.29, 0.717) is 25.1 Å². The first-order valence-electron chi connectivity index (χ1n) is 6.96. The van der Waals surface area contributed by atoms with E-state index in [1.165, 1.54) is 12.1 Å². The van der Waals surface area contributed by atoms with Crippen molar-refractivity contribution in [2.75, 3.05) is 20.3 Å². The number of phenolic OH excluding ortho intramolecular Hbond substituents is 2. The van der Waals surface area contributed by atoms with Crippen molar-refractivity contribution in [2.24, 2.45) is 5.73 Å². The van der Waals surface area contributed by atoms with Crippen molar-refractivity contribution >= 4 is 5.91 Å². The maximum absolute atomic E-state index is 12.4. The normalized spacial score (nSPS) is 13.7. The number of carbonyl (C=O) groups is 1. The van der Waals surface area contributed by atoms with Crippen LogP contribution in [0, 0.1) is 0 Å². The van der Waals surface area contributed by atoms with Crippen LogP contribution in [-0.4, -0.2) is 53.4 Å². The smallest absolute Gasteiger partial charge is 0.240 e. The highest BCUT2D eigenvalue weighted by molar-refractivity contribution is 5.82. The quantitative estimate of drug-likeness (QED) is 0.648. The van der Waals surface area contributed by atoms with Crippen LogP contribution < -0.4 is 5.73 Å². The van der Waals surface area contributed by atoms with Gasteiger partial charge in [0.2, 0.25) is 5.91 Å². The van der Waals surface area contributed by atoms with Gasteiger partial charge in [0.25, 0.3) is 0 Å². The first-order chi connectivity index (χ1) is 9.90. The van der Waals surface area contributed by atoms with Gasteiger partial charge in [0.1, 0.15) is 0 Å². The summed E-state index contributed by atoms with van der Waals surface area (Å²) in [6.07, 6.45) is 0.295. The number of ether oxygens (including phenoxy) is 1. The number of phenols is 2. The molecule has 0 radical (unpaired) electrons. The van der Waals surface area contributed by atoms with Crippen LogP contribution in [0.3, 0.4) is 0 Å². The molecular formula is C15H24N2O4. The van der Waals surface area contributed by atoms with Gasteiger partial charge in [-0.1, -0.05) is 6.07 Å². The van der Waals surface area contributed by atoms with Crippen molar-refractivity contribution < 1.29 is 19.7 Å². The minimum atomic E-state index is -0.701. The molecule has 2 atom stereocenters. The van der Waals surface area contributed by atoms with Crippen LogP contribution in [0.1, 0.15) is 19.4 Å². The topological polar surface area (TPSA) is 96.0 Å². The Labute approximate surface area is 125 Å². The molecule has 0 bridgehead atoms. The minimum Gasteiger partial charge on any atom is -0.504 e. The number of likely N-dealkylation sites (N-methyl/N-ethyl adjacent to an activating group) is 1. The summed E-state index contributed by atoms with van der Waals surface area (Å²) >= 11 is 0. The Kier molecular flexibility index (Phi) is 6.45. The molecule has 0 saturated heterocycles. The van der Waals surface area contributed by atoms with E-state index in [0.717, 1.165) is 0 Å². The van der Waals surface area contributed by atoms with Gasteiger partial charge in [-0.05, 0) is 38.0 Å². The fourth-order valence-corrected chi connectivity index (χ4v) is 2.27. The monoisotopic (exact) mass is 296 g/mol. The predicted octanol–water partition coefficient (Wildman–Crippen LogP) is 0.851. The Hall–Kier alpha value is -1.79. The molecule has 1 amide bonds. The lowest BCUT2D eigenvalue weighted by molar-refractivity contribution is -0.135. The average molecular weight is 296 g/mol. The molecule has 0 saturated carbocycles. The fourth-order valence-electron chi connectivity index (χ4n) is 2.27. The van der Waals surface area contributed by atoms with Gasteiger partial charge in [0.15, 0.2) is 11.5 Å². The van der Waals surface area contributed by atoms with Crippen LogP contribution in [0.25, 0.3) is 0 Å². The molecule has 0 heterocycles. The second kappa shape index (κ2) is 7.85. The molecule has 1 aromatic carbocycles. The van der Waals surface area contributed by atoms with Gasteiger partial charge in [-0.15, -0.1) is 0 Å². The second-order valence-corrected chi connectivity index (χ2v) is 5.06. The predicted molar refractivity (Wildman–Crippen MR) is 80.2 cm³/mol. The van der Waals surface area contributed by atoms with Gasteiger partial charge in [-0.2, -0.15) is 0 Å². The Morgan fingerprint density at radius 2 is 2.05 bits per heavy atom. The van der Waals surface area contributed by atoms with E-state index in [9.17, 15) is 15.0 Å². The highest BCUT2D eigenvalue weighted by Crippen LogP contribution is 2.25. The molecule has 6 heteroatoms. The summed E-state index contributed by atoms with van der Waals surface area (Å²) in [6, 6.07) is 3.68. The van der Waals surface area contributed by atoms with E-state index < -0.39 is 6.04 Å². The van der Waals surface area contributed by atoms with Crippen molar-refractivity contribution in [1.82, 2.24) is 4.90 Å². The fraction of sp³-hybridized carbons (Fsp3) is 0.533. The molecule has 0 aromatic heterocycles. The molecule has 1 aromatic rings. The van der Waals surface area contributed by atoms with Crippen LogP contribution >= 0.6 is 0 Å². The lowest BCUT2D eigenvalue weighted by atomic mass is 10.0. The van der Waals surface area contributed by atoms with E-state index in [4.69, 9.17) is 10.5 Å². The third kappa shape index (κ3) is 4.61. The molecule has 1 rings (SSSR count). The van der Waals surface area contributed by atoms with Crippen LogP contribution in [0.15, 0.2) is 18.2 Å². The zero-order valence-corrected chi connectivity index (χ0v) is 12.7. The summed E-state index contributed by atoms with van der Waals surface area (Å²) in [4.78, 5) is 14.1. The number of rotatable bonds is 7. The van der Waals surface area contributed by atoms with Gasteiger partial charge in [0, 0.05) is 13.7 Å². The van der Waals surface area contributed by atoms with Crippen LogP contribution in [-0.2, 0) is 16.0 Å². The molecule has 0 aliphatic carbocycles. The van der Waals surface area contributed by atoms with Crippen molar-refractivity contribution in [3.8, 4) is 11.5 Å². The molecule has 1 unspecified atom stereocenters. The molecule has 0 fully saturated rings. The van der Waals surface area contributed by atoms with E-state index in [2.05, 4.69) is 0 Å². The summed E-state index contributed by atoms with van der Waals surface area (Å²) in [5.74, 6) is -0.565. The SMILES string of the molecule is CCN(C(=O)[C@@H](N)Cc1ccc(O)c(O)c1)C(C)COC. The Bertz CT molecular complexity index is 479. The number of amides is 1. The maximum atomic E-state index is 12.4. The maximum Gasteiger partial charge on any atom is 0.240 e. The third-order valence-corrected chi connectivity index (χ3v) is 3.38. The molecule has 21 heavy (non-hydrogen) atoms. The molecule has 0 aliphatic rings. The summed E-state index contributed by atoms with van der Waals surface area (Å²) < 4.78 is 5.07. The lowest BCUT2D eigenvalue weighted by Crippen LogP contribution is -2.49. The number of benzene rings is 1. The number of hydrogen-bond donors (Lipinski definition) is 3. The van der Waals surface area contributed by atoms with Crippen molar-refractivity contribution in [3.05, 3.63) is 23.8 Å². The molecule has 0 aliphatic heterocycles. The standard InChI is InChI=1S/C15H24N2O4/c1-4-17(10(2)9-21-3)15(20)12(16)7-11-5-6-13(18)14(19)8-11/h5-6,8,10,12,18-19H,4,7,9,16H2,1-3H3/t10?,12-/m0/s1. The van der Waals surface area contributed by atoms with E-state index >= 15 is 0 Å². The summed E-state index contributed by atoms with van der Waals surface area (Å²) in [5, 5.41) is 18.7. The minimum absolute atomic E-state index is 0.0493. The van der Waals surface area contributed by atoms with Crippen LogP contribution in [0.2, 0.25) is 0 Å².